The van der Waals surface area contributed by atoms with Gasteiger partial charge in [0.25, 0.3) is 5.91 Å². The van der Waals surface area contributed by atoms with Crippen LogP contribution in [0, 0.1) is 6.92 Å². The first-order valence-electron chi connectivity index (χ1n) is 8.53. The summed E-state index contributed by atoms with van der Waals surface area (Å²) in [5.41, 5.74) is 5.95. The largest absolute Gasteiger partial charge is 0.361 e. The molecule has 2 aromatic heterocycles. The van der Waals surface area contributed by atoms with Crippen LogP contribution in [-0.4, -0.2) is 22.4 Å². The Morgan fingerprint density at radius 1 is 1.15 bits per heavy atom. The van der Waals surface area contributed by atoms with Crippen molar-refractivity contribution >= 4 is 28.1 Å². The molecule has 26 heavy (non-hydrogen) atoms. The van der Waals surface area contributed by atoms with Gasteiger partial charge in [0.2, 0.25) is 0 Å². The molecule has 1 atom stereocenters. The zero-order valence-electron chi connectivity index (χ0n) is 14.4. The van der Waals surface area contributed by atoms with Gasteiger partial charge in [-0.3, -0.25) is 4.79 Å². The van der Waals surface area contributed by atoms with Crippen molar-refractivity contribution in [2.24, 2.45) is 0 Å². The molecule has 0 bridgehead atoms. The monoisotopic (exact) mass is 361 g/mol. The SMILES string of the molecule is Cc1ncsc1C(=O)NC[C@@H](c1ccccc1)c1c[nH]c2ccccc12. The summed E-state index contributed by atoms with van der Waals surface area (Å²) in [7, 11) is 0. The number of amides is 1. The van der Waals surface area contributed by atoms with E-state index >= 15 is 0 Å². The topological polar surface area (TPSA) is 57.8 Å². The lowest BCUT2D eigenvalue weighted by atomic mass is 9.91. The van der Waals surface area contributed by atoms with Crippen LogP contribution in [0.25, 0.3) is 10.9 Å². The van der Waals surface area contributed by atoms with Crippen LogP contribution >= 0.6 is 11.3 Å². The first kappa shape index (κ1) is 16.5. The number of carbonyl (C=O) groups excluding carboxylic acids is 1. The predicted octanol–water partition coefficient (Wildman–Crippen LogP) is 4.49. The summed E-state index contributed by atoms with van der Waals surface area (Å²) in [6.07, 6.45) is 2.05. The predicted molar refractivity (Wildman–Crippen MR) is 106 cm³/mol. The summed E-state index contributed by atoms with van der Waals surface area (Å²) in [5, 5.41) is 4.28. The second-order valence-corrected chi connectivity index (χ2v) is 7.08. The number of aryl methyl sites for hydroxylation is 1. The maximum absolute atomic E-state index is 12.5. The van der Waals surface area contributed by atoms with Gasteiger partial charge in [0.1, 0.15) is 4.88 Å². The van der Waals surface area contributed by atoms with Gasteiger partial charge in [0, 0.05) is 29.6 Å². The molecule has 0 aliphatic heterocycles. The molecule has 0 fully saturated rings. The molecule has 2 heterocycles. The van der Waals surface area contributed by atoms with Crippen molar-refractivity contribution in [3.8, 4) is 0 Å². The summed E-state index contributed by atoms with van der Waals surface area (Å²) in [4.78, 5) is 20.7. The van der Waals surface area contributed by atoms with E-state index in [1.54, 1.807) is 5.51 Å². The summed E-state index contributed by atoms with van der Waals surface area (Å²) < 4.78 is 0. The molecule has 0 saturated carbocycles. The molecule has 2 aromatic carbocycles. The molecular formula is C21H19N3OS. The average molecular weight is 361 g/mol. The number of benzene rings is 2. The molecule has 2 N–H and O–H groups in total. The second kappa shape index (κ2) is 7.14. The zero-order valence-corrected chi connectivity index (χ0v) is 15.2. The number of aromatic amines is 1. The Labute approximate surface area is 155 Å². The van der Waals surface area contributed by atoms with E-state index in [4.69, 9.17) is 0 Å². The van der Waals surface area contributed by atoms with Crippen LogP contribution in [0.15, 0.2) is 66.3 Å². The minimum Gasteiger partial charge on any atom is -0.361 e. The molecule has 0 unspecified atom stereocenters. The smallest absolute Gasteiger partial charge is 0.263 e. The minimum atomic E-state index is -0.0641. The third-order valence-corrected chi connectivity index (χ3v) is 5.54. The lowest BCUT2D eigenvalue weighted by Gasteiger charge is -2.18. The Balaban J connectivity index is 1.66. The molecule has 0 saturated heterocycles. The number of nitrogens with zero attached hydrogens (tertiary/aromatic N) is 1. The van der Waals surface area contributed by atoms with Crippen LogP contribution < -0.4 is 5.32 Å². The van der Waals surface area contributed by atoms with E-state index in [1.807, 2.05) is 43.5 Å². The van der Waals surface area contributed by atoms with E-state index in [0.717, 1.165) is 11.2 Å². The number of carbonyl (C=O) groups is 1. The summed E-state index contributed by atoms with van der Waals surface area (Å²) in [5.74, 6) is 0.00954. The highest BCUT2D eigenvalue weighted by Crippen LogP contribution is 2.30. The van der Waals surface area contributed by atoms with Crippen LogP contribution in [0.1, 0.15) is 32.4 Å². The van der Waals surface area contributed by atoms with Crippen LogP contribution in [-0.2, 0) is 0 Å². The van der Waals surface area contributed by atoms with Gasteiger partial charge >= 0.3 is 0 Å². The molecule has 0 aliphatic rings. The number of fused-ring (bicyclic) bond motifs is 1. The number of thiazole rings is 1. The van der Waals surface area contributed by atoms with Crippen LogP contribution in [0.3, 0.4) is 0 Å². The Bertz CT molecular complexity index is 1040. The fourth-order valence-electron chi connectivity index (χ4n) is 3.27. The fourth-order valence-corrected chi connectivity index (χ4v) is 3.99. The van der Waals surface area contributed by atoms with Crippen molar-refractivity contribution in [1.29, 1.82) is 0 Å². The second-order valence-electron chi connectivity index (χ2n) is 6.23. The Kier molecular flexibility index (Phi) is 4.54. The van der Waals surface area contributed by atoms with Gasteiger partial charge in [0.15, 0.2) is 0 Å². The van der Waals surface area contributed by atoms with Gasteiger partial charge in [-0.05, 0) is 24.1 Å². The Hall–Kier alpha value is -2.92. The first-order valence-corrected chi connectivity index (χ1v) is 9.41. The van der Waals surface area contributed by atoms with Crippen molar-refractivity contribution in [3.05, 3.63) is 88.0 Å². The quantitative estimate of drug-likeness (QED) is 0.550. The summed E-state index contributed by atoms with van der Waals surface area (Å²) in [6, 6.07) is 18.5. The number of rotatable bonds is 5. The van der Waals surface area contributed by atoms with E-state index in [-0.39, 0.29) is 11.8 Å². The molecular weight excluding hydrogens is 342 g/mol. The number of hydrogen-bond donors (Lipinski definition) is 2. The molecule has 0 radical (unpaired) electrons. The van der Waals surface area contributed by atoms with Gasteiger partial charge in [-0.1, -0.05) is 48.5 Å². The standard InChI is InChI=1S/C21H19N3OS/c1-14-20(26-13-24-14)21(25)23-11-17(15-7-3-2-4-8-15)18-12-22-19-10-6-5-9-16(18)19/h2-10,12-13,17,22H,11H2,1H3,(H,23,25)/t17-/m0/s1. The van der Waals surface area contributed by atoms with Crippen molar-refractivity contribution in [3.63, 3.8) is 0 Å². The Morgan fingerprint density at radius 2 is 1.92 bits per heavy atom. The van der Waals surface area contributed by atoms with Gasteiger partial charge in [-0.25, -0.2) is 4.98 Å². The van der Waals surface area contributed by atoms with Crippen LogP contribution in [0.4, 0.5) is 0 Å². The summed E-state index contributed by atoms with van der Waals surface area (Å²) >= 11 is 1.38. The molecule has 0 spiro atoms. The highest BCUT2D eigenvalue weighted by atomic mass is 32.1. The fraction of sp³-hybridized carbons (Fsp3) is 0.143. The molecule has 4 aromatic rings. The van der Waals surface area contributed by atoms with E-state index < -0.39 is 0 Å². The maximum Gasteiger partial charge on any atom is 0.263 e. The zero-order chi connectivity index (χ0) is 17.9. The number of para-hydroxylation sites is 1. The third-order valence-electron chi connectivity index (χ3n) is 4.62. The van der Waals surface area contributed by atoms with Gasteiger partial charge < -0.3 is 10.3 Å². The van der Waals surface area contributed by atoms with E-state index in [0.29, 0.717) is 11.4 Å². The average Bonchev–Trinajstić information content (AvgIpc) is 3.29. The lowest BCUT2D eigenvalue weighted by molar-refractivity contribution is 0.0955. The minimum absolute atomic E-state index is 0.0641. The van der Waals surface area contributed by atoms with E-state index in [2.05, 4.69) is 39.6 Å². The molecule has 0 aliphatic carbocycles. The lowest BCUT2D eigenvalue weighted by Crippen LogP contribution is -2.28. The molecule has 4 nitrogen and oxygen atoms in total. The van der Waals surface area contributed by atoms with Crippen molar-refractivity contribution in [2.75, 3.05) is 6.54 Å². The summed E-state index contributed by atoms with van der Waals surface area (Å²) in [6.45, 7) is 2.39. The van der Waals surface area contributed by atoms with E-state index in [9.17, 15) is 4.79 Å². The maximum atomic E-state index is 12.5. The third kappa shape index (κ3) is 3.13. The first-order chi connectivity index (χ1) is 12.7. The van der Waals surface area contributed by atoms with Crippen molar-refractivity contribution < 1.29 is 4.79 Å². The van der Waals surface area contributed by atoms with Gasteiger partial charge in [0.05, 0.1) is 11.2 Å². The normalized spacial score (nSPS) is 12.2. The molecule has 4 rings (SSSR count). The number of nitrogens with one attached hydrogen (secondary N) is 2. The Morgan fingerprint density at radius 3 is 2.69 bits per heavy atom. The van der Waals surface area contributed by atoms with Gasteiger partial charge in [-0.2, -0.15) is 0 Å². The number of H-pyrrole nitrogens is 1. The van der Waals surface area contributed by atoms with Crippen molar-refractivity contribution in [2.45, 2.75) is 12.8 Å². The molecule has 5 heteroatoms. The number of hydrogen-bond acceptors (Lipinski definition) is 3. The number of aromatic nitrogens is 2. The van der Waals surface area contributed by atoms with E-state index in [1.165, 1.54) is 27.8 Å². The van der Waals surface area contributed by atoms with Crippen molar-refractivity contribution in [1.82, 2.24) is 15.3 Å². The molecule has 130 valence electrons. The van der Waals surface area contributed by atoms with Crippen LogP contribution in [0.2, 0.25) is 0 Å². The highest BCUT2D eigenvalue weighted by molar-refractivity contribution is 7.11. The van der Waals surface area contributed by atoms with Crippen LogP contribution in [0.5, 0.6) is 0 Å². The van der Waals surface area contributed by atoms with Gasteiger partial charge in [-0.15, -0.1) is 11.3 Å². The molecule has 1 amide bonds. The highest BCUT2D eigenvalue weighted by Gasteiger charge is 2.20.